The normalized spacial score (nSPS) is 14.6. The SMILES string of the molecule is Cc1oc(-c2ccccc2)nc1CN1CCN(Cc2ccccc2)C(=O)C1=O. The van der Waals surface area contributed by atoms with E-state index in [4.69, 9.17) is 4.42 Å². The Kier molecular flexibility index (Phi) is 4.93. The van der Waals surface area contributed by atoms with Crippen molar-refractivity contribution in [2.24, 2.45) is 0 Å². The summed E-state index contributed by atoms with van der Waals surface area (Å²) in [6.07, 6.45) is 0. The first-order valence-electron chi connectivity index (χ1n) is 9.25. The van der Waals surface area contributed by atoms with Crippen LogP contribution in [-0.4, -0.2) is 39.7 Å². The number of aryl methyl sites for hydroxylation is 1. The summed E-state index contributed by atoms with van der Waals surface area (Å²) in [6.45, 7) is 3.52. The average Bonchev–Trinajstić information content (AvgIpc) is 3.09. The van der Waals surface area contributed by atoms with Gasteiger partial charge in [-0.2, -0.15) is 0 Å². The molecule has 0 spiro atoms. The van der Waals surface area contributed by atoms with E-state index in [0.717, 1.165) is 11.1 Å². The largest absolute Gasteiger partial charge is 0.441 e. The lowest BCUT2D eigenvalue weighted by atomic mass is 10.2. The van der Waals surface area contributed by atoms with Gasteiger partial charge in [-0.25, -0.2) is 4.98 Å². The van der Waals surface area contributed by atoms with E-state index >= 15 is 0 Å². The van der Waals surface area contributed by atoms with Crippen LogP contribution in [0.4, 0.5) is 0 Å². The maximum Gasteiger partial charge on any atom is 0.312 e. The molecule has 0 saturated carbocycles. The zero-order valence-electron chi connectivity index (χ0n) is 15.7. The molecule has 0 unspecified atom stereocenters. The number of hydrogen-bond acceptors (Lipinski definition) is 4. The lowest BCUT2D eigenvalue weighted by molar-refractivity contribution is -0.156. The molecule has 142 valence electrons. The quantitative estimate of drug-likeness (QED) is 0.643. The van der Waals surface area contributed by atoms with Crippen LogP contribution in [0.2, 0.25) is 0 Å². The van der Waals surface area contributed by atoms with Gasteiger partial charge in [0.25, 0.3) is 0 Å². The van der Waals surface area contributed by atoms with E-state index in [9.17, 15) is 9.59 Å². The molecule has 6 heteroatoms. The van der Waals surface area contributed by atoms with Crippen LogP contribution >= 0.6 is 0 Å². The smallest absolute Gasteiger partial charge is 0.312 e. The summed E-state index contributed by atoms with van der Waals surface area (Å²) in [4.78, 5) is 32.8. The first kappa shape index (κ1) is 18.0. The zero-order valence-corrected chi connectivity index (χ0v) is 15.7. The monoisotopic (exact) mass is 375 g/mol. The fourth-order valence-electron chi connectivity index (χ4n) is 3.28. The predicted octanol–water partition coefficient (Wildman–Crippen LogP) is 3.02. The summed E-state index contributed by atoms with van der Waals surface area (Å²) in [5.41, 5.74) is 2.57. The highest BCUT2D eigenvalue weighted by Gasteiger charge is 2.33. The number of amides is 2. The first-order valence-corrected chi connectivity index (χ1v) is 9.25. The molecule has 1 aromatic heterocycles. The fourth-order valence-corrected chi connectivity index (χ4v) is 3.28. The third kappa shape index (κ3) is 3.67. The molecule has 2 amide bonds. The van der Waals surface area contributed by atoms with Crippen molar-refractivity contribution in [3.05, 3.63) is 77.7 Å². The number of oxazole rings is 1. The number of benzene rings is 2. The summed E-state index contributed by atoms with van der Waals surface area (Å²) in [6, 6.07) is 19.3. The van der Waals surface area contributed by atoms with Gasteiger partial charge in [0, 0.05) is 25.2 Å². The zero-order chi connectivity index (χ0) is 19.5. The van der Waals surface area contributed by atoms with Crippen LogP contribution in [0, 0.1) is 6.92 Å². The molecule has 28 heavy (non-hydrogen) atoms. The van der Waals surface area contributed by atoms with Gasteiger partial charge in [-0.15, -0.1) is 0 Å². The Bertz CT molecular complexity index is 983. The highest BCUT2D eigenvalue weighted by atomic mass is 16.4. The Labute approximate surface area is 163 Å². The maximum absolute atomic E-state index is 12.6. The van der Waals surface area contributed by atoms with Crippen LogP contribution in [0.5, 0.6) is 0 Å². The summed E-state index contributed by atoms with van der Waals surface area (Å²) < 4.78 is 5.76. The number of nitrogens with zero attached hydrogens (tertiary/aromatic N) is 3. The molecule has 3 aromatic rings. The third-order valence-corrected chi connectivity index (χ3v) is 4.87. The van der Waals surface area contributed by atoms with Crippen molar-refractivity contribution >= 4 is 11.8 Å². The number of aromatic nitrogens is 1. The maximum atomic E-state index is 12.6. The van der Waals surface area contributed by atoms with E-state index in [1.807, 2.05) is 67.6 Å². The topological polar surface area (TPSA) is 66.7 Å². The van der Waals surface area contributed by atoms with Crippen LogP contribution in [0.3, 0.4) is 0 Å². The van der Waals surface area contributed by atoms with Gasteiger partial charge >= 0.3 is 11.8 Å². The molecular formula is C22H21N3O3. The molecule has 0 radical (unpaired) electrons. The molecule has 1 saturated heterocycles. The van der Waals surface area contributed by atoms with Gasteiger partial charge in [-0.05, 0) is 24.6 Å². The summed E-state index contributed by atoms with van der Waals surface area (Å²) in [5.74, 6) is 0.214. The van der Waals surface area contributed by atoms with Crippen molar-refractivity contribution in [1.82, 2.24) is 14.8 Å². The van der Waals surface area contributed by atoms with Crippen molar-refractivity contribution < 1.29 is 14.0 Å². The van der Waals surface area contributed by atoms with Crippen LogP contribution in [0.25, 0.3) is 11.5 Å². The lowest BCUT2D eigenvalue weighted by Gasteiger charge is -2.33. The Balaban J connectivity index is 1.45. The fraction of sp³-hybridized carbons (Fsp3) is 0.227. The number of carbonyl (C=O) groups is 2. The summed E-state index contributed by atoms with van der Waals surface area (Å²) >= 11 is 0. The standard InChI is InChI=1S/C22H21N3O3/c1-16-19(23-20(28-16)18-10-6-3-7-11-18)15-25-13-12-24(21(26)22(25)27)14-17-8-4-2-5-9-17/h2-11H,12-15H2,1H3. The van der Waals surface area contributed by atoms with Crippen LogP contribution in [-0.2, 0) is 22.7 Å². The summed E-state index contributed by atoms with van der Waals surface area (Å²) in [5, 5.41) is 0. The van der Waals surface area contributed by atoms with Gasteiger partial charge < -0.3 is 14.2 Å². The van der Waals surface area contributed by atoms with Crippen molar-refractivity contribution in [3.8, 4) is 11.5 Å². The van der Waals surface area contributed by atoms with Crippen molar-refractivity contribution in [3.63, 3.8) is 0 Å². The van der Waals surface area contributed by atoms with Crippen molar-refractivity contribution in [1.29, 1.82) is 0 Å². The molecule has 2 heterocycles. The molecular weight excluding hydrogens is 354 g/mol. The van der Waals surface area contributed by atoms with Gasteiger partial charge in [0.05, 0.1) is 6.54 Å². The second kappa shape index (κ2) is 7.68. The highest BCUT2D eigenvalue weighted by molar-refractivity contribution is 6.35. The van der Waals surface area contributed by atoms with E-state index in [1.165, 1.54) is 0 Å². The predicted molar refractivity (Wildman–Crippen MR) is 104 cm³/mol. The van der Waals surface area contributed by atoms with Gasteiger partial charge in [0.2, 0.25) is 5.89 Å². The highest BCUT2D eigenvalue weighted by Crippen LogP contribution is 2.23. The molecule has 1 aliphatic heterocycles. The van der Waals surface area contributed by atoms with E-state index in [1.54, 1.807) is 9.80 Å². The van der Waals surface area contributed by atoms with Crippen LogP contribution in [0.15, 0.2) is 65.1 Å². The molecule has 0 aliphatic carbocycles. The second-order valence-electron chi connectivity index (χ2n) is 6.83. The first-order chi connectivity index (χ1) is 13.6. The number of rotatable bonds is 5. The molecule has 6 nitrogen and oxygen atoms in total. The van der Waals surface area contributed by atoms with E-state index in [0.29, 0.717) is 37.0 Å². The van der Waals surface area contributed by atoms with Gasteiger partial charge in [-0.1, -0.05) is 48.5 Å². The number of carbonyl (C=O) groups excluding carboxylic acids is 2. The average molecular weight is 375 g/mol. The molecule has 1 aliphatic rings. The van der Waals surface area contributed by atoms with Crippen LogP contribution in [0.1, 0.15) is 17.0 Å². The number of hydrogen-bond donors (Lipinski definition) is 0. The Morgan fingerprint density at radius 1 is 0.857 bits per heavy atom. The van der Waals surface area contributed by atoms with Gasteiger partial charge in [-0.3, -0.25) is 9.59 Å². The van der Waals surface area contributed by atoms with E-state index < -0.39 is 11.8 Å². The molecule has 2 aromatic carbocycles. The molecule has 1 fully saturated rings. The summed E-state index contributed by atoms with van der Waals surface area (Å²) in [7, 11) is 0. The van der Waals surface area contributed by atoms with Crippen LogP contribution < -0.4 is 0 Å². The lowest BCUT2D eigenvalue weighted by Crippen LogP contribution is -2.53. The Morgan fingerprint density at radius 3 is 2.07 bits per heavy atom. The van der Waals surface area contributed by atoms with E-state index in [-0.39, 0.29) is 6.54 Å². The minimum absolute atomic E-state index is 0.270. The van der Waals surface area contributed by atoms with Gasteiger partial charge in [0.15, 0.2) is 0 Å². The Hall–Kier alpha value is -3.41. The molecule has 0 bridgehead atoms. The number of piperazine rings is 1. The minimum Gasteiger partial charge on any atom is -0.441 e. The third-order valence-electron chi connectivity index (χ3n) is 4.87. The van der Waals surface area contributed by atoms with Gasteiger partial charge in [0.1, 0.15) is 11.5 Å². The molecule has 0 N–H and O–H groups in total. The molecule has 0 atom stereocenters. The molecule has 4 rings (SSSR count). The van der Waals surface area contributed by atoms with Crippen molar-refractivity contribution in [2.75, 3.05) is 13.1 Å². The second-order valence-corrected chi connectivity index (χ2v) is 6.83. The van der Waals surface area contributed by atoms with E-state index in [2.05, 4.69) is 4.98 Å². The Morgan fingerprint density at radius 2 is 1.43 bits per heavy atom. The minimum atomic E-state index is -0.495. The van der Waals surface area contributed by atoms with Crippen molar-refractivity contribution in [2.45, 2.75) is 20.0 Å².